The molecule has 0 spiro atoms. The van der Waals surface area contributed by atoms with Crippen LogP contribution in [0.25, 0.3) is 10.1 Å². The molecule has 0 saturated carbocycles. The first-order valence-electron chi connectivity index (χ1n) is 5.65. The molecule has 0 amide bonds. The Bertz CT molecular complexity index is 551. The zero-order valence-electron chi connectivity index (χ0n) is 9.03. The number of H-pyrrole nitrogens is 1. The molecule has 0 atom stereocenters. The molecule has 4 heteroatoms. The fourth-order valence-corrected chi connectivity index (χ4v) is 3.37. The number of aromatic nitrogens is 1. The van der Waals surface area contributed by atoms with Gasteiger partial charge in [-0.1, -0.05) is 0 Å². The number of rotatable bonds is 2. The first kappa shape index (κ1) is 10.1. The number of nitrogens with one attached hydrogen (secondary N) is 1. The summed E-state index contributed by atoms with van der Waals surface area (Å²) >= 11 is 1.74. The Balaban J connectivity index is 1.93. The van der Waals surface area contributed by atoms with Crippen molar-refractivity contribution < 1.29 is 0 Å². The van der Waals surface area contributed by atoms with Gasteiger partial charge in [0, 0.05) is 22.3 Å². The SMILES string of the molecule is O=c1[nH]ccc2sc(CN3CCCC3)cc12. The first-order valence-corrected chi connectivity index (χ1v) is 6.47. The van der Waals surface area contributed by atoms with Crippen LogP contribution in [0.1, 0.15) is 17.7 Å². The van der Waals surface area contributed by atoms with E-state index in [1.165, 1.54) is 30.8 Å². The van der Waals surface area contributed by atoms with Gasteiger partial charge in [0.2, 0.25) is 0 Å². The maximum absolute atomic E-state index is 11.6. The Morgan fingerprint density at radius 2 is 2.19 bits per heavy atom. The number of thiophene rings is 1. The van der Waals surface area contributed by atoms with Crippen molar-refractivity contribution in [3.63, 3.8) is 0 Å². The molecule has 1 fully saturated rings. The number of fused-ring (bicyclic) bond motifs is 1. The second kappa shape index (κ2) is 4.03. The predicted molar refractivity (Wildman–Crippen MR) is 67.0 cm³/mol. The summed E-state index contributed by atoms with van der Waals surface area (Å²) in [6.07, 6.45) is 4.34. The van der Waals surface area contributed by atoms with Gasteiger partial charge in [-0.25, -0.2) is 0 Å². The number of nitrogens with zero attached hydrogens (tertiary/aromatic N) is 1. The summed E-state index contributed by atoms with van der Waals surface area (Å²) < 4.78 is 1.10. The van der Waals surface area contributed by atoms with Gasteiger partial charge in [-0.15, -0.1) is 11.3 Å². The highest BCUT2D eigenvalue weighted by atomic mass is 32.1. The molecule has 0 radical (unpaired) electrons. The molecule has 2 aromatic rings. The summed E-state index contributed by atoms with van der Waals surface area (Å²) in [5.74, 6) is 0. The van der Waals surface area contributed by atoms with E-state index in [4.69, 9.17) is 0 Å². The molecule has 1 aliphatic rings. The third-order valence-electron chi connectivity index (χ3n) is 3.08. The molecule has 0 aromatic carbocycles. The van der Waals surface area contributed by atoms with Gasteiger partial charge < -0.3 is 4.98 Å². The monoisotopic (exact) mass is 234 g/mol. The van der Waals surface area contributed by atoms with E-state index in [0.29, 0.717) is 0 Å². The Labute approximate surface area is 97.7 Å². The van der Waals surface area contributed by atoms with Crippen molar-refractivity contribution in [2.45, 2.75) is 19.4 Å². The lowest BCUT2D eigenvalue weighted by molar-refractivity contribution is 0.334. The number of aromatic amines is 1. The van der Waals surface area contributed by atoms with Crippen LogP contribution >= 0.6 is 11.3 Å². The van der Waals surface area contributed by atoms with Gasteiger partial charge in [0.05, 0.1) is 5.39 Å². The van der Waals surface area contributed by atoms with Crippen LogP contribution in [0.5, 0.6) is 0 Å². The Morgan fingerprint density at radius 1 is 1.38 bits per heavy atom. The third kappa shape index (κ3) is 1.79. The van der Waals surface area contributed by atoms with Crippen LogP contribution in [-0.4, -0.2) is 23.0 Å². The lowest BCUT2D eigenvalue weighted by Crippen LogP contribution is -2.17. The lowest BCUT2D eigenvalue weighted by atomic mass is 10.3. The molecule has 0 aliphatic carbocycles. The molecular formula is C12H14N2OS. The summed E-state index contributed by atoms with van der Waals surface area (Å²) in [7, 11) is 0. The molecule has 1 saturated heterocycles. The molecule has 16 heavy (non-hydrogen) atoms. The summed E-state index contributed by atoms with van der Waals surface area (Å²) in [4.78, 5) is 18.0. The maximum atomic E-state index is 11.6. The van der Waals surface area contributed by atoms with E-state index in [1.54, 1.807) is 17.5 Å². The molecule has 3 nitrogen and oxygen atoms in total. The van der Waals surface area contributed by atoms with Crippen molar-refractivity contribution in [3.8, 4) is 0 Å². The summed E-state index contributed by atoms with van der Waals surface area (Å²) in [5.41, 5.74) is 0.0291. The van der Waals surface area contributed by atoms with Crippen molar-refractivity contribution in [2.75, 3.05) is 13.1 Å². The Kier molecular flexibility index (Phi) is 2.53. The Morgan fingerprint density at radius 3 is 2.94 bits per heavy atom. The van der Waals surface area contributed by atoms with Crippen molar-refractivity contribution in [3.05, 3.63) is 33.6 Å². The number of likely N-dealkylation sites (tertiary alicyclic amines) is 1. The van der Waals surface area contributed by atoms with Crippen LogP contribution in [0.2, 0.25) is 0 Å². The highest BCUT2D eigenvalue weighted by Gasteiger charge is 2.13. The topological polar surface area (TPSA) is 36.1 Å². The minimum absolute atomic E-state index is 0.0291. The highest BCUT2D eigenvalue weighted by Crippen LogP contribution is 2.24. The van der Waals surface area contributed by atoms with Crippen LogP contribution in [0.15, 0.2) is 23.1 Å². The molecule has 0 unspecified atom stereocenters. The smallest absolute Gasteiger partial charge is 0.256 e. The van der Waals surface area contributed by atoms with Gasteiger partial charge in [-0.05, 0) is 38.1 Å². The van der Waals surface area contributed by atoms with Crippen molar-refractivity contribution in [2.24, 2.45) is 0 Å². The van der Waals surface area contributed by atoms with Gasteiger partial charge in [-0.2, -0.15) is 0 Å². The molecule has 1 N–H and O–H groups in total. The minimum atomic E-state index is 0.0291. The van der Waals surface area contributed by atoms with E-state index in [0.717, 1.165) is 16.6 Å². The maximum Gasteiger partial charge on any atom is 0.256 e. The normalized spacial score (nSPS) is 17.2. The van der Waals surface area contributed by atoms with Gasteiger partial charge in [0.25, 0.3) is 5.56 Å². The zero-order chi connectivity index (χ0) is 11.0. The molecule has 84 valence electrons. The van der Waals surface area contributed by atoms with Crippen molar-refractivity contribution in [1.82, 2.24) is 9.88 Å². The minimum Gasteiger partial charge on any atom is -0.329 e. The summed E-state index contributed by atoms with van der Waals surface area (Å²) in [5, 5.41) is 0.835. The van der Waals surface area contributed by atoms with E-state index in [2.05, 4.69) is 9.88 Å². The van der Waals surface area contributed by atoms with E-state index in [9.17, 15) is 4.79 Å². The van der Waals surface area contributed by atoms with Gasteiger partial charge >= 0.3 is 0 Å². The quantitative estimate of drug-likeness (QED) is 0.864. The third-order valence-corrected chi connectivity index (χ3v) is 4.17. The number of hydrogen-bond acceptors (Lipinski definition) is 3. The van der Waals surface area contributed by atoms with Gasteiger partial charge in [0.15, 0.2) is 0 Å². The fraction of sp³-hybridized carbons (Fsp3) is 0.417. The Hall–Kier alpha value is -1.13. The fourth-order valence-electron chi connectivity index (χ4n) is 2.27. The second-order valence-electron chi connectivity index (χ2n) is 4.28. The molecule has 1 aliphatic heterocycles. The predicted octanol–water partition coefficient (Wildman–Crippen LogP) is 2.19. The van der Waals surface area contributed by atoms with Crippen LogP contribution in [-0.2, 0) is 6.54 Å². The standard InChI is InChI=1S/C12H14N2OS/c15-12-10-7-9(8-14-5-1-2-6-14)16-11(10)3-4-13-12/h3-4,7H,1-2,5-6,8H2,(H,13,15). The van der Waals surface area contributed by atoms with Crippen LogP contribution in [0.3, 0.4) is 0 Å². The van der Waals surface area contributed by atoms with Crippen molar-refractivity contribution >= 4 is 21.4 Å². The second-order valence-corrected chi connectivity index (χ2v) is 5.45. The van der Waals surface area contributed by atoms with Crippen LogP contribution < -0.4 is 5.56 Å². The van der Waals surface area contributed by atoms with E-state index in [1.807, 2.05) is 12.1 Å². The molecule has 2 aromatic heterocycles. The van der Waals surface area contributed by atoms with E-state index < -0.39 is 0 Å². The molecular weight excluding hydrogens is 220 g/mol. The number of hydrogen-bond donors (Lipinski definition) is 1. The summed E-state index contributed by atoms with van der Waals surface area (Å²) in [6.45, 7) is 3.40. The highest BCUT2D eigenvalue weighted by molar-refractivity contribution is 7.19. The molecule has 0 bridgehead atoms. The van der Waals surface area contributed by atoms with Crippen LogP contribution in [0, 0.1) is 0 Å². The lowest BCUT2D eigenvalue weighted by Gasteiger charge is -2.12. The molecule has 3 heterocycles. The van der Waals surface area contributed by atoms with E-state index >= 15 is 0 Å². The van der Waals surface area contributed by atoms with Crippen LogP contribution in [0.4, 0.5) is 0 Å². The van der Waals surface area contributed by atoms with E-state index in [-0.39, 0.29) is 5.56 Å². The summed E-state index contributed by atoms with van der Waals surface area (Å²) in [6, 6.07) is 4.02. The molecule has 3 rings (SSSR count). The zero-order valence-corrected chi connectivity index (χ0v) is 9.85. The average molecular weight is 234 g/mol. The van der Waals surface area contributed by atoms with Gasteiger partial charge in [0.1, 0.15) is 0 Å². The number of pyridine rings is 1. The first-order chi connectivity index (χ1) is 7.83. The average Bonchev–Trinajstić information content (AvgIpc) is 2.88. The van der Waals surface area contributed by atoms with Gasteiger partial charge in [-0.3, -0.25) is 9.69 Å². The largest absolute Gasteiger partial charge is 0.329 e. The van der Waals surface area contributed by atoms with Crippen molar-refractivity contribution in [1.29, 1.82) is 0 Å².